The van der Waals surface area contributed by atoms with Gasteiger partial charge in [0.1, 0.15) is 5.60 Å². The maximum Gasteiger partial charge on any atom is 0.410 e. The minimum absolute atomic E-state index is 0.0926. The van der Waals surface area contributed by atoms with Gasteiger partial charge in [0.15, 0.2) is 17.5 Å². The number of hydrogen-bond acceptors (Lipinski definition) is 5. The molecule has 2 saturated heterocycles. The van der Waals surface area contributed by atoms with E-state index in [1.165, 1.54) is 4.90 Å². The van der Waals surface area contributed by atoms with Crippen LogP contribution < -0.4 is 10.2 Å². The number of fused-ring (bicyclic) bond motifs is 1. The smallest absolute Gasteiger partial charge is 0.410 e. The molecule has 3 aliphatic heterocycles. The number of amides is 4. The molecule has 1 aromatic carbocycles. The highest BCUT2D eigenvalue weighted by atomic mass is 19.2. The van der Waals surface area contributed by atoms with E-state index in [0.29, 0.717) is 49.7 Å². The van der Waals surface area contributed by atoms with Gasteiger partial charge in [0.05, 0.1) is 36.7 Å². The van der Waals surface area contributed by atoms with Crippen molar-refractivity contribution >= 4 is 29.4 Å². The van der Waals surface area contributed by atoms with Crippen LogP contribution in [0, 0.1) is 22.9 Å². The third-order valence-corrected chi connectivity index (χ3v) is 7.03. The van der Waals surface area contributed by atoms with Gasteiger partial charge in [0.25, 0.3) is 0 Å². The Bertz CT molecular complexity index is 1290. The van der Waals surface area contributed by atoms with Gasteiger partial charge >= 0.3 is 12.1 Å². The molecule has 4 heterocycles. The Morgan fingerprint density at radius 1 is 1.13 bits per heavy atom. The van der Waals surface area contributed by atoms with Crippen LogP contribution in [-0.2, 0) is 22.6 Å². The Labute approximate surface area is 217 Å². The van der Waals surface area contributed by atoms with Crippen molar-refractivity contribution in [2.45, 2.75) is 58.8 Å². The molecule has 4 amide bonds. The summed E-state index contributed by atoms with van der Waals surface area (Å²) in [5.41, 5.74) is 0.0188. The third-order valence-electron chi connectivity index (χ3n) is 7.03. The number of urea groups is 1. The number of halogens is 3. The lowest BCUT2D eigenvalue weighted by Crippen LogP contribution is -2.60. The summed E-state index contributed by atoms with van der Waals surface area (Å²) in [6, 6.07) is 0.474. The number of nitrogens with one attached hydrogen (secondary N) is 1. The molecule has 0 radical (unpaired) electrons. The average molecular weight is 535 g/mol. The number of carbonyl (C=O) groups is 3. The molecular weight excluding hydrogens is 505 g/mol. The van der Waals surface area contributed by atoms with Gasteiger partial charge in [-0.15, -0.1) is 0 Å². The van der Waals surface area contributed by atoms with Crippen LogP contribution in [0.1, 0.15) is 39.8 Å². The Balaban J connectivity index is 1.29. The second-order valence-corrected chi connectivity index (χ2v) is 11.3. The van der Waals surface area contributed by atoms with Crippen molar-refractivity contribution in [3.05, 3.63) is 41.5 Å². The van der Waals surface area contributed by atoms with Crippen molar-refractivity contribution in [1.29, 1.82) is 0 Å². The van der Waals surface area contributed by atoms with Crippen molar-refractivity contribution in [2.24, 2.45) is 5.41 Å². The van der Waals surface area contributed by atoms with Crippen LogP contribution in [0.5, 0.6) is 0 Å². The summed E-state index contributed by atoms with van der Waals surface area (Å²) in [7, 11) is 0. The molecule has 0 saturated carbocycles. The standard InChI is InChI=1S/C25H29F3N6O4/c1-14-9-34-19(10-32(14)22(36)30-15-5-16(26)21(28)17(27)6-15)18(8-29-34)33-13-25(7-20(33)35)11-31(12-25)23(37)38-24(2,3)4/h5-6,8,14H,7,9-13H2,1-4H3,(H,30,36)/t14-/m0/s1. The first-order chi connectivity index (χ1) is 17.7. The highest BCUT2D eigenvalue weighted by Crippen LogP contribution is 2.43. The summed E-state index contributed by atoms with van der Waals surface area (Å²) in [4.78, 5) is 43.1. The molecule has 1 aromatic heterocycles. The van der Waals surface area contributed by atoms with Crippen molar-refractivity contribution < 1.29 is 32.3 Å². The SMILES string of the molecule is C[C@H]1Cn2ncc(N3CC4(CC3=O)CN(C(=O)OC(C)(C)C)C4)c2CN1C(=O)Nc1cc(F)c(F)c(F)c1. The highest BCUT2D eigenvalue weighted by Gasteiger charge is 2.54. The molecular formula is C25H29F3N6O4. The Hall–Kier alpha value is -3.77. The van der Waals surface area contributed by atoms with E-state index in [9.17, 15) is 27.6 Å². The maximum absolute atomic E-state index is 13.6. The number of nitrogens with zero attached hydrogens (tertiary/aromatic N) is 5. The van der Waals surface area contributed by atoms with Crippen LogP contribution in [0.15, 0.2) is 18.3 Å². The fourth-order valence-corrected chi connectivity index (χ4v) is 5.25. The summed E-state index contributed by atoms with van der Waals surface area (Å²) in [5.74, 6) is -4.53. The number of aromatic nitrogens is 2. The largest absolute Gasteiger partial charge is 0.444 e. The Kier molecular flexibility index (Phi) is 6.07. The van der Waals surface area contributed by atoms with Gasteiger partial charge in [-0.3, -0.25) is 9.48 Å². The minimum Gasteiger partial charge on any atom is -0.444 e. The molecule has 38 heavy (non-hydrogen) atoms. The molecule has 204 valence electrons. The van der Waals surface area contributed by atoms with Gasteiger partial charge in [0.2, 0.25) is 5.91 Å². The highest BCUT2D eigenvalue weighted by molar-refractivity contribution is 5.97. The monoisotopic (exact) mass is 534 g/mol. The van der Waals surface area contributed by atoms with E-state index >= 15 is 0 Å². The second-order valence-electron chi connectivity index (χ2n) is 11.3. The first-order valence-corrected chi connectivity index (χ1v) is 12.3. The van der Waals surface area contributed by atoms with Gasteiger partial charge in [-0.1, -0.05) is 0 Å². The average Bonchev–Trinajstić information content (AvgIpc) is 3.34. The molecule has 0 unspecified atom stereocenters. The third kappa shape index (κ3) is 4.65. The molecule has 1 N–H and O–H groups in total. The number of anilines is 2. The summed E-state index contributed by atoms with van der Waals surface area (Å²) in [5, 5.41) is 6.83. The summed E-state index contributed by atoms with van der Waals surface area (Å²) in [6.45, 7) is 8.84. The normalized spacial score (nSPS) is 20.4. The zero-order valence-corrected chi connectivity index (χ0v) is 21.6. The fraction of sp³-hybridized carbons (Fsp3) is 0.520. The van der Waals surface area contributed by atoms with Gasteiger partial charge in [0, 0.05) is 49.3 Å². The van der Waals surface area contributed by atoms with E-state index in [1.807, 2.05) is 0 Å². The van der Waals surface area contributed by atoms with Crippen LogP contribution in [0.25, 0.3) is 0 Å². The van der Waals surface area contributed by atoms with Gasteiger partial charge in [-0.2, -0.15) is 5.10 Å². The molecule has 1 atom stereocenters. The van der Waals surface area contributed by atoms with Crippen molar-refractivity contribution in [3.8, 4) is 0 Å². The fourth-order valence-electron chi connectivity index (χ4n) is 5.25. The Morgan fingerprint density at radius 2 is 1.79 bits per heavy atom. The predicted molar refractivity (Wildman–Crippen MR) is 130 cm³/mol. The molecule has 5 rings (SSSR count). The maximum atomic E-state index is 13.6. The van der Waals surface area contributed by atoms with Crippen LogP contribution in [0.2, 0.25) is 0 Å². The number of ether oxygens (including phenoxy) is 1. The van der Waals surface area contributed by atoms with E-state index in [0.717, 1.165) is 0 Å². The zero-order chi connectivity index (χ0) is 27.6. The van der Waals surface area contributed by atoms with Crippen molar-refractivity contribution in [3.63, 3.8) is 0 Å². The zero-order valence-electron chi connectivity index (χ0n) is 21.6. The number of benzene rings is 1. The van der Waals surface area contributed by atoms with Crippen LogP contribution in [0.4, 0.5) is 34.1 Å². The molecule has 0 bridgehead atoms. The van der Waals surface area contributed by atoms with Gasteiger partial charge < -0.3 is 24.8 Å². The van der Waals surface area contributed by atoms with Crippen LogP contribution in [-0.4, -0.2) is 68.9 Å². The van der Waals surface area contributed by atoms with E-state index < -0.39 is 35.2 Å². The van der Waals surface area contributed by atoms with E-state index in [4.69, 9.17) is 4.74 Å². The number of hydrogen-bond donors (Lipinski definition) is 1. The van der Waals surface area contributed by atoms with Crippen LogP contribution in [0.3, 0.4) is 0 Å². The summed E-state index contributed by atoms with van der Waals surface area (Å²) >= 11 is 0. The molecule has 13 heteroatoms. The van der Waals surface area contributed by atoms with Gasteiger partial charge in [-0.05, 0) is 27.7 Å². The number of likely N-dealkylation sites (tertiary alicyclic amines) is 1. The Morgan fingerprint density at radius 3 is 2.42 bits per heavy atom. The molecule has 2 fully saturated rings. The summed E-state index contributed by atoms with van der Waals surface area (Å²) < 4.78 is 47.7. The number of carbonyl (C=O) groups excluding carboxylic acids is 3. The van der Waals surface area contributed by atoms with Gasteiger partial charge in [-0.25, -0.2) is 22.8 Å². The molecule has 10 nitrogen and oxygen atoms in total. The first-order valence-electron chi connectivity index (χ1n) is 12.3. The minimum atomic E-state index is -1.61. The van der Waals surface area contributed by atoms with E-state index in [-0.39, 0.29) is 36.0 Å². The summed E-state index contributed by atoms with van der Waals surface area (Å²) in [6.07, 6.45) is 1.46. The molecule has 3 aliphatic rings. The van der Waals surface area contributed by atoms with Crippen LogP contribution >= 0.6 is 0 Å². The van der Waals surface area contributed by atoms with E-state index in [2.05, 4.69) is 10.4 Å². The quantitative estimate of drug-likeness (QED) is 0.593. The molecule has 2 aromatic rings. The topological polar surface area (TPSA) is 100 Å². The molecule has 0 aliphatic carbocycles. The predicted octanol–water partition coefficient (Wildman–Crippen LogP) is 3.71. The second kappa shape index (κ2) is 8.91. The number of rotatable bonds is 2. The lowest BCUT2D eigenvalue weighted by Gasteiger charge is -2.47. The molecule has 1 spiro atoms. The van der Waals surface area contributed by atoms with Crippen molar-refractivity contribution in [2.75, 3.05) is 29.9 Å². The lowest BCUT2D eigenvalue weighted by molar-refractivity contribution is -0.119. The van der Waals surface area contributed by atoms with Crippen molar-refractivity contribution in [1.82, 2.24) is 19.6 Å². The first kappa shape index (κ1) is 25.9. The van der Waals surface area contributed by atoms with E-state index in [1.54, 1.807) is 48.4 Å². The lowest BCUT2D eigenvalue weighted by atomic mass is 9.79.